The second-order valence-electron chi connectivity index (χ2n) is 9.95. The van der Waals surface area contributed by atoms with Gasteiger partial charge >= 0.3 is 5.97 Å². The summed E-state index contributed by atoms with van der Waals surface area (Å²) in [5.74, 6) is -0.426. The lowest BCUT2D eigenvalue weighted by atomic mass is 9.87. The lowest BCUT2D eigenvalue weighted by Gasteiger charge is -2.27. The maximum atomic E-state index is 13.1. The van der Waals surface area contributed by atoms with E-state index in [9.17, 15) is 14.7 Å². The Morgan fingerprint density at radius 1 is 1.02 bits per heavy atom. The molecule has 3 N–H and O–H groups in total. The molecule has 5 aromatic rings. The normalized spacial score (nSPS) is 14.7. The SMILES string of the molecule is CCc1cccc2c1CC(c1[nH]nc(/C=C/c3nnc(-c4ccc(C)cc4)o3)c1-c1ccc(C(=O)O)cc1)NC2=O. The highest BCUT2D eigenvalue weighted by Crippen LogP contribution is 2.36. The first-order chi connectivity index (χ1) is 19.9. The summed E-state index contributed by atoms with van der Waals surface area (Å²) in [7, 11) is 0. The Balaban J connectivity index is 1.38. The largest absolute Gasteiger partial charge is 0.478 e. The van der Waals surface area contributed by atoms with E-state index in [4.69, 9.17) is 4.42 Å². The number of aromatic nitrogens is 4. The number of nitrogens with one attached hydrogen (secondary N) is 2. The quantitative estimate of drug-likeness (QED) is 0.232. The highest BCUT2D eigenvalue weighted by atomic mass is 16.4. The molecule has 9 heteroatoms. The number of fused-ring (bicyclic) bond motifs is 1. The summed E-state index contributed by atoms with van der Waals surface area (Å²) in [6.07, 6.45) is 4.87. The predicted molar refractivity (Wildman–Crippen MR) is 154 cm³/mol. The van der Waals surface area contributed by atoms with E-state index in [0.29, 0.717) is 29.5 Å². The smallest absolute Gasteiger partial charge is 0.335 e. The number of carboxylic acids is 1. The van der Waals surface area contributed by atoms with Crippen LogP contribution in [-0.4, -0.2) is 37.4 Å². The minimum Gasteiger partial charge on any atom is -0.478 e. The van der Waals surface area contributed by atoms with Gasteiger partial charge in [0.25, 0.3) is 5.91 Å². The van der Waals surface area contributed by atoms with E-state index in [-0.39, 0.29) is 17.5 Å². The molecule has 0 fully saturated rings. The third-order valence-corrected chi connectivity index (χ3v) is 7.33. The van der Waals surface area contributed by atoms with Crippen LogP contribution in [-0.2, 0) is 12.8 Å². The molecule has 3 aromatic carbocycles. The van der Waals surface area contributed by atoms with Crippen LogP contribution in [0.2, 0.25) is 0 Å². The topological polar surface area (TPSA) is 134 Å². The van der Waals surface area contributed by atoms with Gasteiger partial charge in [-0.15, -0.1) is 10.2 Å². The zero-order valence-electron chi connectivity index (χ0n) is 22.5. The van der Waals surface area contributed by atoms with Gasteiger partial charge in [-0.25, -0.2) is 4.79 Å². The van der Waals surface area contributed by atoms with Gasteiger partial charge in [0.2, 0.25) is 11.8 Å². The molecule has 6 rings (SSSR count). The van der Waals surface area contributed by atoms with Gasteiger partial charge in [0.05, 0.1) is 23.0 Å². The number of nitrogens with zero attached hydrogens (tertiary/aromatic N) is 3. The zero-order valence-corrected chi connectivity index (χ0v) is 22.5. The van der Waals surface area contributed by atoms with E-state index in [1.807, 2.05) is 43.3 Å². The summed E-state index contributed by atoms with van der Waals surface area (Å²) >= 11 is 0. The molecule has 1 unspecified atom stereocenters. The number of aromatic carboxylic acids is 1. The highest BCUT2D eigenvalue weighted by molar-refractivity contribution is 5.98. The van der Waals surface area contributed by atoms with Gasteiger partial charge in [-0.2, -0.15) is 5.10 Å². The molecular weight excluding hydrogens is 518 g/mol. The molecule has 1 aliphatic rings. The van der Waals surface area contributed by atoms with Gasteiger partial charge in [0, 0.05) is 22.8 Å². The lowest BCUT2D eigenvalue weighted by Crippen LogP contribution is -2.36. The molecule has 0 bridgehead atoms. The second kappa shape index (κ2) is 10.7. The fraction of sp³-hybridized carbons (Fsp3) is 0.156. The number of benzene rings is 3. The number of rotatable bonds is 7. The van der Waals surface area contributed by atoms with Crippen molar-refractivity contribution >= 4 is 24.0 Å². The Hall–Kier alpha value is -5.31. The van der Waals surface area contributed by atoms with Crippen molar-refractivity contribution in [2.45, 2.75) is 32.7 Å². The number of carboxylic acid groups (broad SMARTS) is 1. The van der Waals surface area contributed by atoms with Gasteiger partial charge in [-0.1, -0.05) is 48.9 Å². The molecule has 41 heavy (non-hydrogen) atoms. The number of hydrogen-bond acceptors (Lipinski definition) is 6. The van der Waals surface area contributed by atoms with Crippen LogP contribution in [0.4, 0.5) is 0 Å². The van der Waals surface area contributed by atoms with Crippen molar-refractivity contribution in [3.8, 4) is 22.6 Å². The van der Waals surface area contributed by atoms with Crippen LogP contribution < -0.4 is 5.32 Å². The zero-order chi connectivity index (χ0) is 28.5. The molecule has 9 nitrogen and oxygen atoms in total. The van der Waals surface area contributed by atoms with Crippen LogP contribution in [0, 0.1) is 6.92 Å². The Kier molecular flexibility index (Phi) is 6.76. The molecule has 204 valence electrons. The fourth-order valence-corrected chi connectivity index (χ4v) is 5.18. The molecule has 0 saturated heterocycles. The van der Waals surface area contributed by atoms with E-state index in [0.717, 1.165) is 45.5 Å². The minimum absolute atomic E-state index is 0.139. The molecule has 3 heterocycles. The first kappa shape index (κ1) is 25.9. The van der Waals surface area contributed by atoms with Gasteiger partial charge in [-0.3, -0.25) is 9.89 Å². The van der Waals surface area contributed by atoms with E-state index < -0.39 is 5.97 Å². The summed E-state index contributed by atoms with van der Waals surface area (Å²) in [6, 6.07) is 19.9. The maximum absolute atomic E-state index is 13.1. The second-order valence-corrected chi connectivity index (χ2v) is 9.95. The number of aromatic amines is 1. The Morgan fingerprint density at radius 3 is 2.51 bits per heavy atom. The maximum Gasteiger partial charge on any atom is 0.335 e. The molecule has 0 radical (unpaired) electrons. The molecule has 1 amide bonds. The van der Waals surface area contributed by atoms with E-state index in [1.165, 1.54) is 0 Å². The lowest BCUT2D eigenvalue weighted by molar-refractivity contribution is 0.0696. The summed E-state index contributed by atoms with van der Waals surface area (Å²) in [4.78, 5) is 24.6. The van der Waals surface area contributed by atoms with Crippen molar-refractivity contribution in [2.24, 2.45) is 0 Å². The third kappa shape index (κ3) is 5.05. The first-order valence-corrected chi connectivity index (χ1v) is 13.3. The standard InChI is InChI=1S/C32H27N5O4/c1-3-19-5-4-6-23-24(19)17-26(33-30(23)38)29-28(20-11-13-22(14-12-20)32(39)40)25(34-36-29)15-16-27-35-37-31(41-27)21-9-7-18(2)8-10-21/h4-16,26H,3,17H2,1-2H3,(H,33,38)(H,34,36)(H,39,40)/b16-15+. The van der Waals surface area contributed by atoms with Gasteiger partial charge < -0.3 is 14.8 Å². The predicted octanol–water partition coefficient (Wildman–Crippen LogP) is 5.89. The van der Waals surface area contributed by atoms with E-state index in [2.05, 4.69) is 38.7 Å². The average molecular weight is 546 g/mol. The van der Waals surface area contributed by atoms with Crippen LogP contribution in [0.1, 0.15) is 67.7 Å². The molecule has 0 saturated carbocycles. The van der Waals surface area contributed by atoms with Gasteiger partial charge in [0.15, 0.2) is 0 Å². The number of H-pyrrole nitrogens is 1. The molecule has 0 spiro atoms. The highest BCUT2D eigenvalue weighted by Gasteiger charge is 2.30. The van der Waals surface area contributed by atoms with Crippen LogP contribution in [0.15, 0.2) is 71.1 Å². The van der Waals surface area contributed by atoms with Crippen LogP contribution in [0.3, 0.4) is 0 Å². The van der Waals surface area contributed by atoms with E-state index in [1.54, 1.807) is 36.4 Å². The Morgan fingerprint density at radius 2 is 1.78 bits per heavy atom. The van der Waals surface area contributed by atoms with Crippen molar-refractivity contribution in [1.29, 1.82) is 0 Å². The van der Waals surface area contributed by atoms with Gasteiger partial charge in [-0.05, 0) is 72.9 Å². The summed E-state index contributed by atoms with van der Waals surface area (Å²) in [5.41, 5.74) is 7.80. The van der Waals surface area contributed by atoms with Crippen molar-refractivity contribution < 1.29 is 19.1 Å². The number of carbonyl (C=O) groups is 2. The number of amides is 1. The number of carbonyl (C=O) groups excluding carboxylic acids is 1. The number of aryl methyl sites for hydroxylation is 2. The van der Waals surface area contributed by atoms with Gasteiger partial charge in [0.1, 0.15) is 0 Å². The van der Waals surface area contributed by atoms with Crippen molar-refractivity contribution in [3.63, 3.8) is 0 Å². The molecule has 0 aliphatic carbocycles. The van der Waals surface area contributed by atoms with Crippen LogP contribution >= 0.6 is 0 Å². The third-order valence-electron chi connectivity index (χ3n) is 7.33. The number of hydrogen-bond donors (Lipinski definition) is 3. The first-order valence-electron chi connectivity index (χ1n) is 13.3. The minimum atomic E-state index is -1.01. The monoisotopic (exact) mass is 545 g/mol. The van der Waals surface area contributed by atoms with Crippen LogP contribution in [0.5, 0.6) is 0 Å². The van der Waals surface area contributed by atoms with Crippen molar-refractivity contribution in [2.75, 3.05) is 0 Å². The van der Waals surface area contributed by atoms with E-state index >= 15 is 0 Å². The van der Waals surface area contributed by atoms with Crippen molar-refractivity contribution in [1.82, 2.24) is 25.7 Å². The van der Waals surface area contributed by atoms with Crippen LogP contribution in [0.25, 0.3) is 34.7 Å². The summed E-state index contributed by atoms with van der Waals surface area (Å²) in [6.45, 7) is 4.09. The summed E-state index contributed by atoms with van der Waals surface area (Å²) < 4.78 is 5.85. The Bertz CT molecular complexity index is 1780. The average Bonchev–Trinajstić information content (AvgIpc) is 3.64. The van der Waals surface area contributed by atoms with Crippen molar-refractivity contribution in [3.05, 3.63) is 112 Å². The molecular formula is C32H27N5O4. The molecule has 1 atom stereocenters. The Labute approximate surface area is 236 Å². The molecule has 1 aliphatic heterocycles. The summed E-state index contributed by atoms with van der Waals surface area (Å²) in [5, 5.41) is 28.5. The fourth-order valence-electron chi connectivity index (χ4n) is 5.18. The molecule has 2 aromatic heterocycles.